The summed E-state index contributed by atoms with van der Waals surface area (Å²) in [6.45, 7) is -0.199. The molecule has 0 fully saturated rings. The third kappa shape index (κ3) is 4.56. The van der Waals surface area contributed by atoms with Crippen molar-refractivity contribution in [3.05, 3.63) is 0 Å². The molecule has 0 bridgehead atoms. The average molecular weight is 408 g/mol. The first-order valence-corrected chi connectivity index (χ1v) is 8.57. The van der Waals surface area contributed by atoms with Crippen molar-refractivity contribution in [1.82, 2.24) is 0 Å². The number of thioether (sulfide) groups is 1. The molecule has 0 aliphatic heterocycles. The number of alkyl halides is 9. The zero-order chi connectivity index (χ0) is 18.4. The van der Waals surface area contributed by atoms with Crippen molar-refractivity contribution in [2.75, 3.05) is 0 Å². The molecular weight excluding hydrogens is 403 g/mol. The van der Waals surface area contributed by atoms with E-state index in [1.807, 2.05) is 0 Å². The molecule has 2 unspecified atom stereocenters. The summed E-state index contributed by atoms with van der Waals surface area (Å²) in [5.74, 6) is 0. The standard InChI is InChI=1S/C6H5F9O4S3/c1-2(21(16,17)5(10,11)12)3(20-4(7,8)9)22(18,19)6(13,14)15/h2-3H,1H3. The van der Waals surface area contributed by atoms with Crippen LogP contribution >= 0.6 is 11.8 Å². The Bertz CT molecular complexity index is 597. The molecule has 4 nitrogen and oxygen atoms in total. The number of sulfone groups is 2. The number of hydrogen-bond donors (Lipinski definition) is 0. The molecule has 0 rings (SSSR count). The largest absolute Gasteiger partial charge is 0.498 e. The Labute approximate surface area is 121 Å². The Balaban J connectivity index is 6.17. The van der Waals surface area contributed by atoms with Gasteiger partial charge in [-0.2, -0.15) is 39.5 Å². The lowest BCUT2D eigenvalue weighted by molar-refractivity contribution is -0.0470. The zero-order valence-electron chi connectivity index (χ0n) is 9.91. The smallest absolute Gasteiger partial charge is 0.219 e. The van der Waals surface area contributed by atoms with Crippen LogP contribution in [0.5, 0.6) is 0 Å². The van der Waals surface area contributed by atoms with Crippen LogP contribution in [0.1, 0.15) is 6.92 Å². The van der Waals surface area contributed by atoms with E-state index in [9.17, 15) is 56.3 Å². The molecule has 16 heteroatoms. The molecule has 0 aromatic rings. The molecule has 0 saturated heterocycles. The van der Waals surface area contributed by atoms with E-state index < -0.39 is 57.8 Å². The Kier molecular flexibility index (Phi) is 5.82. The highest BCUT2D eigenvalue weighted by Gasteiger charge is 2.61. The van der Waals surface area contributed by atoms with Crippen LogP contribution in [0, 0.1) is 0 Å². The van der Waals surface area contributed by atoms with Gasteiger partial charge in [0.15, 0.2) is 0 Å². The highest BCUT2D eigenvalue weighted by molar-refractivity contribution is 8.15. The summed E-state index contributed by atoms with van der Waals surface area (Å²) < 4.78 is 150. The molecule has 2 atom stereocenters. The van der Waals surface area contributed by atoms with Crippen LogP contribution in [0.3, 0.4) is 0 Å². The van der Waals surface area contributed by atoms with Crippen LogP contribution in [0.2, 0.25) is 0 Å². The van der Waals surface area contributed by atoms with Gasteiger partial charge in [-0.05, 0) is 18.7 Å². The number of rotatable bonds is 4. The van der Waals surface area contributed by atoms with Gasteiger partial charge in [0.05, 0.1) is 5.25 Å². The summed E-state index contributed by atoms with van der Waals surface area (Å²) in [7, 11) is -13.4. The minimum atomic E-state index is -6.85. The van der Waals surface area contributed by atoms with Crippen LogP contribution < -0.4 is 0 Å². The summed E-state index contributed by atoms with van der Waals surface area (Å²) in [5, 5.41) is -3.54. The molecule has 0 aliphatic carbocycles. The average Bonchev–Trinajstić information content (AvgIpc) is 2.20. The third-order valence-electron chi connectivity index (χ3n) is 2.07. The minimum Gasteiger partial charge on any atom is -0.219 e. The topological polar surface area (TPSA) is 68.3 Å². The van der Waals surface area contributed by atoms with E-state index in [1.165, 1.54) is 0 Å². The predicted molar refractivity (Wildman–Crippen MR) is 56.8 cm³/mol. The van der Waals surface area contributed by atoms with Gasteiger partial charge in [-0.1, -0.05) is 0 Å². The molecular formula is C6H5F9O4S3. The quantitative estimate of drug-likeness (QED) is 0.670. The third-order valence-corrected chi connectivity index (χ3v) is 7.94. The second-order valence-corrected chi connectivity index (χ2v) is 9.48. The summed E-state index contributed by atoms with van der Waals surface area (Å²) in [5.41, 5.74) is -18.3. The Morgan fingerprint density at radius 3 is 1.27 bits per heavy atom. The molecule has 0 spiro atoms. The second kappa shape index (κ2) is 5.92. The number of hydrogen-bond acceptors (Lipinski definition) is 5. The maximum Gasteiger partial charge on any atom is 0.498 e. The summed E-state index contributed by atoms with van der Waals surface area (Å²) in [4.78, 5) is 0. The van der Waals surface area contributed by atoms with E-state index in [2.05, 4.69) is 0 Å². The van der Waals surface area contributed by atoms with E-state index in [0.29, 0.717) is 0 Å². The van der Waals surface area contributed by atoms with Crippen LogP contribution in [0.4, 0.5) is 39.5 Å². The summed E-state index contributed by atoms with van der Waals surface area (Å²) >= 11 is -2.00. The van der Waals surface area contributed by atoms with Gasteiger partial charge in [-0.3, -0.25) is 0 Å². The molecule has 0 saturated carbocycles. The van der Waals surface area contributed by atoms with Crippen molar-refractivity contribution in [3.63, 3.8) is 0 Å². The maximum absolute atomic E-state index is 12.3. The molecule has 0 amide bonds. The van der Waals surface area contributed by atoms with Gasteiger partial charge in [0.2, 0.25) is 0 Å². The monoisotopic (exact) mass is 408 g/mol. The Morgan fingerprint density at radius 1 is 0.727 bits per heavy atom. The Morgan fingerprint density at radius 2 is 1.05 bits per heavy atom. The highest BCUT2D eigenvalue weighted by atomic mass is 32.3. The maximum atomic E-state index is 12.3. The van der Waals surface area contributed by atoms with Gasteiger partial charge in [0.25, 0.3) is 19.7 Å². The molecule has 134 valence electrons. The van der Waals surface area contributed by atoms with Gasteiger partial charge in [-0.25, -0.2) is 16.8 Å². The van der Waals surface area contributed by atoms with Crippen LogP contribution in [0.25, 0.3) is 0 Å². The van der Waals surface area contributed by atoms with Gasteiger partial charge < -0.3 is 0 Å². The van der Waals surface area contributed by atoms with Crippen LogP contribution in [0.15, 0.2) is 0 Å². The summed E-state index contributed by atoms with van der Waals surface area (Å²) in [6, 6.07) is 0. The lowest BCUT2D eigenvalue weighted by Gasteiger charge is -2.25. The predicted octanol–water partition coefficient (Wildman–Crippen LogP) is 2.82. The SMILES string of the molecule is CC(C(SC(F)(F)F)S(=O)(=O)C(F)(F)F)S(=O)(=O)C(F)(F)F. The highest BCUT2D eigenvalue weighted by Crippen LogP contribution is 2.45. The van der Waals surface area contributed by atoms with Crippen LogP contribution in [-0.2, 0) is 19.7 Å². The molecule has 0 aromatic heterocycles. The normalized spacial score (nSPS) is 18.1. The molecule has 22 heavy (non-hydrogen) atoms. The zero-order valence-corrected chi connectivity index (χ0v) is 12.4. The summed E-state index contributed by atoms with van der Waals surface area (Å²) in [6.07, 6.45) is 0. The van der Waals surface area contributed by atoms with Crippen molar-refractivity contribution >= 4 is 31.4 Å². The number of halogens is 9. The van der Waals surface area contributed by atoms with E-state index >= 15 is 0 Å². The molecule has 0 N–H and O–H groups in total. The fourth-order valence-corrected chi connectivity index (χ4v) is 5.61. The Hall–Kier alpha value is -0.380. The van der Waals surface area contributed by atoms with Gasteiger partial charge in [0.1, 0.15) is 4.58 Å². The van der Waals surface area contributed by atoms with E-state index in [-0.39, 0.29) is 6.92 Å². The van der Waals surface area contributed by atoms with Crippen molar-refractivity contribution in [2.45, 2.75) is 33.3 Å². The minimum absolute atomic E-state index is 0.199. The lowest BCUT2D eigenvalue weighted by atomic mass is 10.5. The van der Waals surface area contributed by atoms with Crippen molar-refractivity contribution in [3.8, 4) is 0 Å². The van der Waals surface area contributed by atoms with E-state index in [4.69, 9.17) is 0 Å². The first kappa shape index (κ1) is 21.6. The van der Waals surface area contributed by atoms with Gasteiger partial charge in [-0.15, -0.1) is 0 Å². The van der Waals surface area contributed by atoms with E-state index in [1.54, 1.807) is 0 Å². The molecule has 0 aromatic carbocycles. The van der Waals surface area contributed by atoms with Crippen molar-refractivity contribution in [2.24, 2.45) is 0 Å². The molecule has 0 heterocycles. The first-order chi connectivity index (χ1) is 9.25. The first-order valence-electron chi connectivity index (χ1n) is 4.60. The van der Waals surface area contributed by atoms with Crippen molar-refractivity contribution < 1.29 is 56.3 Å². The van der Waals surface area contributed by atoms with Crippen molar-refractivity contribution in [1.29, 1.82) is 0 Å². The fraction of sp³-hybridized carbons (Fsp3) is 1.00. The van der Waals surface area contributed by atoms with Gasteiger partial charge in [0, 0.05) is 0 Å². The van der Waals surface area contributed by atoms with Crippen LogP contribution in [-0.4, -0.2) is 43.2 Å². The van der Waals surface area contributed by atoms with E-state index in [0.717, 1.165) is 0 Å². The molecule has 0 radical (unpaired) electrons. The second-order valence-electron chi connectivity index (χ2n) is 3.62. The fourth-order valence-electron chi connectivity index (χ4n) is 1.03. The van der Waals surface area contributed by atoms with Gasteiger partial charge >= 0.3 is 16.5 Å². The molecule has 0 aliphatic rings. The lowest BCUT2D eigenvalue weighted by Crippen LogP contribution is -2.46.